The minimum Gasteiger partial charge on any atom is -0.507 e. The van der Waals surface area contributed by atoms with Crippen molar-refractivity contribution in [1.29, 1.82) is 0 Å². The molecule has 1 N–H and O–H groups in total. The normalized spacial score (nSPS) is 14.3. The number of hydrogen-bond acceptors (Lipinski definition) is 10. The summed E-state index contributed by atoms with van der Waals surface area (Å²) in [6.07, 6.45) is 1.31. The van der Waals surface area contributed by atoms with E-state index in [1.165, 1.54) is 72.8 Å². The van der Waals surface area contributed by atoms with Crippen molar-refractivity contribution in [2.75, 3.05) is 0 Å². The fourth-order valence-corrected chi connectivity index (χ4v) is 2.88. The van der Waals surface area contributed by atoms with Gasteiger partial charge in [-0.2, -0.15) is 10.2 Å². The molecule has 168 valence electrons. The summed E-state index contributed by atoms with van der Waals surface area (Å²) in [4.78, 5) is 36.8. The second-order valence-electron chi connectivity index (χ2n) is 6.86. The molecular formula is C22H13N5O7. The first-order valence-corrected chi connectivity index (χ1v) is 9.57. The number of hydrogen-bond donors (Lipinski definition) is 1. The standard InChI is InChI=1S/C22H13N5O7/c28-20-10-5-16(25-24-15-3-8-18(9-4-15)27(32)33)11-14(20)12-19-22(29)34-21(23-19)13-1-6-17(7-2-13)26(30)31/h1-12,28H/b19-12+,25-24?. The minimum absolute atomic E-state index is 0.0281. The van der Waals surface area contributed by atoms with E-state index >= 15 is 0 Å². The topological polar surface area (TPSA) is 170 Å². The number of aliphatic imine (C=N–C) groups is 1. The van der Waals surface area contributed by atoms with E-state index in [0.717, 1.165) is 0 Å². The summed E-state index contributed by atoms with van der Waals surface area (Å²) in [6.45, 7) is 0. The van der Waals surface area contributed by atoms with Gasteiger partial charge in [0.1, 0.15) is 5.75 Å². The van der Waals surface area contributed by atoms with E-state index in [4.69, 9.17) is 4.74 Å². The fraction of sp³-hybridized carbons (Fsp3) is 0. The van der Waals surface area contributed by atoms with Crippen LogP contribution in [-0.2, 0) is 9.53 Å². The molecular weight excluding hydrogens is 446 g/mol. The summed E-state index contributed by atoms with van der Waals surface area (Å²) in [7, 11) is 0. The minimum atomic E-state index is -0.759. The van der Waals surface area contributed by atoms with Crippen molar-refractivity contribution in [3.8, 4) is 5.75 Å². The predicted molar refractivity (Wildman–Crippen MR) is 119 cm³/mol. The number of rotatable bonds is 6. The third kappa shape index (κ3) is 4.80. The highest BCUT2D eigenvalue weighted by molar-refractivity contribution is 6.13. The number of ether oxygens (including phenoxy) is 1. The Bertz CT molecular complexity index is 1390. The second-order valence-corrected chi connectivity index (χ2v) is 6.86. The molecule has 1 heterocycles. The lowest BCUT2D eigenvalue weighted by atomic mass is 10.1. The van der Waals surface area contributed by atoms with Crippen LogP contribution in [0, 0.1) is 20.2 Å². The van der Waals surface area contributed by atoms with Crippen molar-refractivity contribution in [3.05, 3.63) is 104 Å². The number of phenols is 1. The van der Waals surface area contributed by atoms with Gasteiger partial charge in [0.05, 0.1) is 21.2 Å². The number of carbonyl (C=O) groups excluding carboxylic acids is 1. The largest absolute Gasteiger partial charge is 0.507 e. The Balaban J connectivity index is 1.57. The average Bonchev–Trinajstić information content (AvgIpc) is 3.20. The van der Waals surface area contributed by atoms with Crippen LogP contribution in [0.3, 0.4) is 0 Å². The highest BCUT2D eigenvalue weighted by atomic mass is 16.6. The molecule has 0 atom stereocenters. The summed E-state index contributed by atoms with van der Waals surface area (Å²) in [5.74, 6) is -0.932. The van der Waals surface area contributed by atoms with Crippen LogP contribution < -0.4 is 0 Å². The summed E-state index contributed by atoms with van der Waals surface area (Å²) >= 11 is 0. The number of aromatic hydroxyl groups is 1. The van der Waals surface area contributed by atoms with Crippen molar-refractivity contribution in [3.63, 3.8) is 0 Å². The molecule has 12 heteroatoms. The number of phenolic OH excluding ortho intramolecular Hbond substituents is 1. The van der Waals surface area contributed by atoms with Crippen molar-refractivity contribution in [2.45, 2.75) is 0 Å². The van der Waals surface area contributed by atoms with Crippen LogP contribution in [0.4, 0.5) is 22.7 Å². The van der Waals surface area contributed by atoms with Crippen LogP contribution in [0.25, 0.3) is 6.08 Å². The Kier molecular flexibility index (Phi) is 5.86. The van der Waals surface area contributed by atoms with Gasteiger partial charge in [-0.05, 0) is 48.5 Å². The molecule has 0 aromatic heterocycles. The molecule has 1 aliphatic rings. The highest BCUT2D eigenvalue weighted by Gasteiger charge is 2.25. The third-order valence-electron chi connectivity index (χ3n) is 4.59. The van der Waals surface area contributed by atoms with E-state index in [-0.39, 0.29) is 34.3 Å². The van der Waals surface area contributed by atoms with Gasteiger partial charge < -0.3 is 9.84 Å². The van der Waals surface area contributed by atoms with Crippen LogP contribution in [0.2, 0.25) is 0 Å². The number of carbonyl (C=O) groups is 1. The Morgan fingerprint density at radius 2 is 1.41 bits per heavy atom. The highest BCUT2D eigenvalue weighted by Crippen LogP contribution is 2.29. The number of benzene rings is 3. The van der Waals surface area contributed by atoms with E-state index in [1.807, 2.05) is 0 Å². The van der Waals surface area contributed by atoms with E-state index in [0.29, 0.717) is 16.9 Å². The maximum absolute atomic E-state index is 12.2. The molecule has 34 heavy (non-hydrogen) atoms. The molecule has 0 aliphatic carbocycles. The zero-order valence-corrected chi connectivity index (χ0v) is 17.1. The van der Waals surface area contributed by atoms with Gasteiger partial charge in [-0.3, -0.25) is 20.2 Å². The quantitative estimate of drug-likeness (QED) is 0.178. The lowest BCUT2D eigenvalue weighted by molar-refractivity contribution is -0.385. The number of nitro groups is 2. The lowest BCUT2D eigenvalue weighted by Crippen LogP contribution is -2.05. The third-order valence-corrected chi connectivity index (χ3v) is 4.59. The molecule has 0 fully saturated rings. The first-order valence-electron chi connectivity index (χ1n) is 9.57. The average molecular weight is 459 g/mol. The molecule has 0 unspecified atom stereocenters. The van der Waals surface area contributed by atoms with Gasteiger partial charge in [0.2, 0.25) is 5.90 Å². The van der Waals surface area contributed by atoms with Crippen LogP contribution in [0.1, 0.15) is 11.1 Å². The summed E-state index contributed by atoms with van der Waals surface area (Å²) < 4.78 is 5.14. The van der Waals surface area contributed by atoms with Crippen molar-refractivity contribution < 1.29 is 24.5 Å². The summed E-state index contributed by atoms with van der Waals surface area (Å²) in [6, 6.07) is 15.1. The van der Waals surface area contributed by atoms with E-state index in [2.05, 4.69) is 15.2 Å². The van der Waals surface area contributed by atoms with Crippen LogP contribution in [-0.4, -0.2) is 26.8 Å². The van der Waals surface area contributed by atoms with Gasteiger partial charge in [0.25, 0.3) is 11.4 Å². The van der Waals surface area contributed by atoms with Gasteiger partial charge in [-0.15, -0.1) is 0 Å². The molecule has 3 aromatic rings. The van der Waals surface area contributed by atoms with Crippen LogP contribution in [0.5, 0.6) is 5.75 Å². The SMILES string of the molecule is O=C1OC(c2ccc([N+](=O)[O-])cc2)=N/C1=C/c1cc(N=Nc2ccc([N+](=O)[O-])cc2)ccc1O. The van der Waals surface area contributed by atoms with Gasteiger partial charge in [-0.25, -0.2) is 9.79 Å². The summed E-state index contributed by atoms with van der Waals surface area (Å²) in [5.41, 5.74) is 1.04. The van der Waals surface area contributed by atoms with E-state index in [9.17, 15) is 30.1 Å². The van der Waals surface area contributed by atoms with Gasteiger partial charge in [0, 0.05) is 35.4 Å². The maximum Gasteiger partial charge on any atom is 0.363 e. The first-order chi connectivity index (χ1) is 16.3. The molecule has 1 aliphatic heterocycles. The number of esters is 1. The Hall–Kier alpha value is -5.26. The summed E-state index contributed by atoms with van der Waals surface area (Å²) in [5, 5.41) is 39.7. The molecule has 0 bridgehead atoms. The fourth-order valence-electron chi connectivity index (χ4n) is 2.88. The molecule has 0 saturated carbocycles. The zero-order chi connectivity index (χ0) is 24.2. The van der Waals surface area contributed by atoms with Gasteiger partial charge in [0.15, 0.2) is 5.70 Å². The van der Waals surface area contributed by atoms with Crippen LogP contribution >= 0.6 is 0 Å². The molecule has 0 spiro atoms. The van der Waals surface area contributed by atoms with Crippen molar-refractivity contribution >= 4 is 40.7 Å². The van der Waals surface area contributed by atoms with Crippen LogP contribution in [0.15, 0.2) is 87.6 Å². The first kappa shape index (κ1) is 22.0. The second kappa shape index (κ2) is 9.08. The zero-order valence-electron chi connectivity index (χ0n) is 17.1. The molecule has 0 saturated heterocycles. The number of cyclic esters (lactones) is 1. The molecule has 4 rings (SSSR count). The Morgan fingerprint density at radius 1 is 0.853 bits per heavy atom. The van der Waals surface area contributed by atoms with E-state index < -0.39 is 15.8 Å². The molecule has 3 aromatic carbocycles. The lowest BCUT2D eigenvalue weighted by Gasteiger charge is -2.01. The number of nitrogens with zero attached hydrogens (tertiary/aromatic N) is 5. The number of azo groups is 1. The van der Waals surface area contributed by atoms with Crippen molar-refractivity contribution in [1.82, 2.24) is 0 Å². The molecule has 12 nitrogen and oxygen atoms in total. The van der Waals surface area contributed by atoms with E-state index in [1.54, 1.807) is 0 Å². The van der Waals surface area contributed by atoms with Gasteiger partial charge >= 0.3 is 5.97 Å². The Labute approximate surface area is 190 Å². The maximum atomic E-state index is 12.2. The van der Waals surface area contributed by atoms with Gasteiger partial charge in [-0.1, -0.05) is 0 Å². The molecule has 0 radical (unpaired) electrons. The van der Waals surface area contributed by atoms with Crippen molar-refractivity contribution in [2.24, 2.45) is 15.2 Å². The smallest absolute Gasteiger partial charge is 0.363 e. The predicted octanol–water partition coefficient (Wildman–Crippen LogP) is 4.97. The number of nitro benzene ring substituents is 2. The Morgan fingerprint density at radius 3 is 2.03 bits per heavy atom. The monoisotopic (exact) mass is 459 g/mol. The molecule has 0 amide bonds. The number of non-ortho nitro benzene ring substituents is 2.